The van der Waals surface area contributed by atoms with Crippen LogP contribution >= 0.6 is 11.6 Å². The van der Waals surface area contributed by atoms with Crippen molar-refractivity contribution in [1.29, 1.82) is 0 Å². The third-order valence-corrected chi connectivity index (χ3v) is 6.17. The van der Waals surface area contributed by atoms with Gasteiger partial charge in [-0.15, -0.1) is 0 Å². The number of pyridine rings is 1. The number of benzene rings is 1. The fourth-order valence-corrected chi connectivity index (χ4v) is 4.43. The van der Waals surface area contributed by atoms with Crippen molar-refractivity contribution in [2.75, 3.05) is 13.7 Å². The van der Waals surface area contributed by atoms with Gasteiger partial charge in [0, 0.05) is 40.4 Å². The van der Waals surface area contributed by atoms with Crippen LogP contribution < -0.4 is 4.74 Å². The predicted octanol–water partition coefficient (Wildman–Crippen LogP) is 4.75. The Balaban J connectivity index is 1.85. The molecular weight excluding hydrogens is 492 g/mol. The summed E-state index contributed by atoms with van der Waals surface area (Å²) in [7, 11) is 1.43. The number of halogens is 5. The zero-order chi connectivity index (χ0) is 25.5. The van der Waals surface area contributed by atoms with Crippen LogP contribution in [0.15, 0.2) is 36.8 Å². The Bertz CT molecular complexity index is 1370. The van der Waals surface area contributed by atoms with Gasteiger partial charge in [-0.2, -0.15) is 18.3 Å². The second-order valence-corrected chi connectivity index (χ2v) is 8.36. The van der Waals surface area contributed by atoms with E-state index in [1.54, 1.807) is 13.1 Å². The monoisotopic (exact) mass is 512 g/mol. The smallest absolute Gasteiger partial charge is 0.433 e. The van der Waals surface area contributed by atoms with Crippen LogP contribution in [0.4, 0.5) is 17.6 Å². The van der Waals surface area contributed by atoms with E-state index in [2.05, 4.69) is 15.1 Å². The molecule has 1 aromatic carbocycles. The highest BCUT2D eigenvalue weighted by Gasteiger charge is 2.39. The van der Waals surface area contributed by atoms with Crippen molar-refractivity contribution in [2.45, 2.75) is 31.7 Å². The zero-order valence-corrected chi connectivity index (χ0v) is 19.3. The number of aromatic nitrogens is 4. The molecule has 3 N–H and O–H groups in total. The largest absolute Gasteiger partial charge is 0.496 e. The van der Waals surface area contributed by atoms with Crippen molar-refractivity contribution >= 4 is 22.6 Å². The molecule has 2 atom stereocenters. The fraction of sp³-hybridized carbons (Fsp3) is 0.304. The normalized spacial score (nSPS) is 13.9. The van der Waals surface area contributed by atoms with Gasteiger partial charge in [0.1, 0.15) is 17.2 Å². The molecule has 35 heavy (non-hydrogen) atoms. The number of nitrogens with zero attached hydrogens (tertiary/aromatic N) is 3. The van der Waals surface area contributed by atoms with Gasteiger partial charge >= 0.3 is 6.18 Å². The third kappa shape index (κ3) is 4.58. The highest BCUT2D eigenvalue weighted by atomic mass is 35.5. The molecule has 186 valence electrons. The minimum absolute atomic E-state index is 0.113. The first-order valence-corrected chi connectivity index (χ1v) is 10.9. The molecule has 0 amide bonds. The Morgan fingerprint density at radius 1 is 1.26 bits per heavy atom. The first-order valence-electron chi connectivity index (χ1n) is 10.5. The molecule has 0 aliphatic rings. The van der Waals surface area contributed by atoms with Crippen LogP contribution in [-0.2, 0) is 12.7 Å². The number of hydrogen-bond acceptors (Lipinski definition) is 5. The van der Waals surface area contributed by atoms with Gasteiger partial charge in [-0.25, -0.2) is 9.37 Å². The minimum atomic E-state index is -4.79. The average Bonchev–Trinajstić information content (AvgIpc) is 3.44. The minimum Gasteiger partial charge on any atom is -0.496 e. The molecule has 0 fully saturated rings. The number of H-pyrrole nitrogens is 1. The van der Waals surface area contributed by atoms with Crippen LogP contribution in [0.5, 0.6) is 5.75 Å². The standard InChI is InChI=1S/C23H21ClF4N4O3/c1-11(19-18(35-2)4-3-17(25)20(19)24)15-7-30-22-14(15)5-12(6-29-22)16-8-31-32(9-13(34)10-33)21(16)23(26,27)28/h3-8,11,13,33-34H,9-10H2,1-2H3,(H,29,30)/t11-,13-/m0/s1. The Labute approximate surface area is 201 Å². The molecule has 0 radical (unpaired) electrons. The number of aromatic amines is 1. The maximum Gasteiger partial charge on any atom is 0.433 e. The summed E-state index contributed by atoms with van der Waals surface area (Å²) in [4.78, 5) is 7.24. The second kappa shape index (κ2) is 9.48. The van der Waals surface area contributed by atoms with Gasteiger partial charge in [-0.05, 0) is 23.8 Å². The lowest BCUT2D eigenvalue weighted by Gasteiger charge is -2.18. The Morgan fingerprint density at radius 3 is 2.66 bits per heavy atom. The first-order chi connectivity index (χ1) is 16.6. The van der Waals surface area contributed by atoms with Crippen LogP contribution in [0.1, 0.15) is 29.7 Å². The second-order valence-electron chi connectivity index (χ2n) is 7.99. The molecule has 0 aliphatic heterocycles. The van der Waals surface area contributed by atoms with Crippen molar-refractivity contribution in [3.63, 3.8) is 0 Å². The number of nitrogens with one attached hydrogen (secondary N) is 1. The van der Waals surface area contributed by atoms with Crippen LogP contribution in [-0.4, -0.2) is 49.8 Å². The molecule has 3 aromatic heterocycles. The van der Waals surface area contributed by atoms with Crippen molar-refractivity contribution < 1.29 is 32.5 Å². The summed E-state index contributed by atoms with van der Waals surface area (Å²) in [6.07, 6.45) is -2.24. The molecule has 0 unspecified atom stereocenters. The van der Waals surface area contributed by atoms with E-state index in [0.717, 1.165) is 6.20 Å². The SMILES string of the molecule is COc1ccc(F)c(Cl)c1[C@@H](C)c1c[nH]c2ncc(-c3cnn(C[C@H](O)CO)c3C(F)(F)F)cc12. The van der Waals surface area contributed by atoms with Gasteiger partial charge in [0.15, 0.2) is 5.69 Å². The van der Waals surface area contributed by atoms with Gasteiger partial charge in [-0.3, -0.25) is 4.68 Å². The van der Waals surface area contributed by atoms with E-state index >= 15 is 0 Å². The number of aliphatic hydroxyl groups excluding tert-OH is 2. The average molecular weight is 513 g/mol. The van der Waals surface area contributed by atoms with E-state index in [1.807, 2.05) is 0 Å². The van der Waals surface area contributed by atoms with E-state index in [4.69, 9.17) is 21.4 Å². The first kappa shape index (κ1) is 25.0. The number of alkyl halides is 3. The molecule has 0 spiro atoms. The number of ether oxygens (including phenoxy) is 1. The van der Waals surface area contributed by atoms with Gasteiger partial charge in [-0.1, -0.05) is 18.5 Å². The van der Waals surface area contributed by atoms with Crippen LogP contribution in [0.2, 0.25) is 5.02 Å². The number of fused-ring (bicyclic) bond motifs is 1. The van der Waals surface area contributed by atoms with Crippen molar-refractivity contribution in [1.82, 2.24) is 19.7 Å². The van der Waals surface area contributed by atoms with Crippen molar-refractivity contribution in [3.05, 3.63) is 64.5 Å². The molecule has 3 heterocycles. The van der Waals surface area contributed by atoms with Gasteiger partial charge in [0.05, 0.1) is 37.6 Å². The topological polar surface area (TPSA) is 96.2 Å². The highest BCUT2D eigenvalue weighted by Crippen LogP contribution is 2.42. The van der Waals surface area contributed by atoms with Crippen LogP contribution in [0, 0.1) is 5.82 Å². The van der Waals surface area contributed by atoms with Crippen LogP contribution in [0.25, 0.3) is 22.2 Å². The lowest BCUT2D eigenvalue weighted by molar-refractivity contribution is -0.144. The summed E-state index contributed by atoms with van der Waals surface area (Å²) in [6.45, 7) is 0.524. The summed E-state index contributed by atoms with van der Waals surface area (Å²) >= 11 is 6.24. The van der Waals surface area contributed by atoms with Crippen molar-refractivity contribution in [2.24, 2.45) is 0 Å². The fourth-order valence-electron chi connectivity index (χ4n) is 4.11. The van der Waals surface area contributed by atoms with Gasteiger partial charge in [0.25, 0.3) is 0 Å². The molecule has 12 heteroatoms. The van der Waals surface area contributed by atoms with E-state index in [0.29, 0.717) is 32.6 Å². The molecule has 4 rings (SSSR count). The number of rotatable bonds is 7. The summed E-state index contributed by atoms with van der Waals surface area (Å²) in [5, 5.41) is 22.8. The Hall–Kier alpha value is -3.15. The van der Waals surface area contributed by atoms with Gasteiger partial charge < -0.3 is 19.9 Å². The predicted molar refractivity (Wildman–Crippen MR) is 121 cm³/mol. The highest BCUT2D eigenvalue weighted by molar-refractivity contribution is 6.31. The maximum absolute atomic E-state index is 14.2. The van der Waals surface area contributed by atoms with E-state index in [-0.39, 0.29) is 16.1 Å². The molecular formula is C23H21ClF4N4O3. The quantitative estimate of drug-likeness (QED) is 0.311. The molecule has 0 bridgehead atoms. The number of methoxy groups -OCH3 is 1. The lowest BCUT2D eigenvalue weighted by atomic mass is 9.91. The summed E-state index contributed by atoms with van der Waals surface area (Å²) in [5.74, 6) is -0.755. The molecule has 0 saturated heterocycles. The molecule has 0 saturated carbocycles. The summed E-state index contributed by atoms with van der Waals surface area (Å²) in [5.41, 5.74) is 0.252. The van der Waals surface area contributed by atoms with Crippen LogP contribution in [0.3, 0.4) is 0 Å². The molecule has 4 aromatic rings. The zero-order valence-electron chi connectivity index (χ0n) is 18.6. The van der Waals surface area contributed by atoms with E-state index in [1.165, 1.54) is 31.5 Å². The Kier molecular flexibility index (Phi) is 6.76. The third-order valence-electron chi connectivity index (χ3n) is 5.79. The molecule has 7 nitrogen and oxygen atoms in total. The van der Waals surface area contributed by atoms with Crippen molar-refractivity contribution in [3.8, 4) is 16.9 Å². The van der Waals surface area contributed by atoms with E-state index in [9.17, 15) is 22.7 Å². The maximum atomic E-state index is 14.2. The van der Waals surface area contributed by atoms with E-state index < -0.39 is 42.9 Å². The number of hydrogen-bond donors (Lipinski definition) is 3. The summed E-state index contributed by atoms with van der Waals surface area (Å²) in [6, 6.07) is 4.18. The lowest BCUT2D eigenvalue weighted by Crippen LogP contribution is -2.25. The molecule has 0 aliphatic carbocycles. The Morgan fingerprint density at radius 2 is 2.00 bits per heavy atom. The number of aliphatic hydroxyl groups is 2. The summed E-state index contributed by atoms with van der Waals surface area (Å²) < 4.78 is 62.0. The van der Waals surface area contributed by atoms with Gasteiger partial charge in [0.2, 0.25) is 0 Å².